The van der Waals surface area contributed by atoms with Crippen molar-refractivity contribution in [2.24, 2.45) is 0 Å². The highest BCUT2D eigenvalue weighted by atomic mass is 32.2. The fourth-order valence-electron chi connectivity index (χ4n) is 5.00. The first-order chi connectivity index (χ1) is 19.3. The van der Waals surface area contributed by atoms with Gasteiger partial charge in [-0.05, 0) is 37.2 Å². The van der Waals surface area contributed by atoms with Gasteiger partial charge in [0.05, 0.1) is 0 Å². The van der Waals surface area contributed by atoms with E-state index in [1.54, 1.807) is 0 Å². The molecule has 2 aromatic rings. The Balaban J connectivity index is 1.37. The zero-order chi connectivity index (χ0) is 27.6. The molecule has 2 rings (SSSR count). The van der Waals surface area contributed by atoms with Gasteiger partial charge in [-0.2, -0.15) is 0 Å². The van der Waals surface area contributed by atoms with Gasteiger partial charge in [0.15, 0.2) is 24.8 Å². The SMILES string of the molecule is CCCCCCCC[n+]1ccc(SCCCCCCCCCSc2cc[n+](CCCCCCCC)cc2)cc1. The molecule has 2 heterocycles. The molecule has 0 saturated heterocycles. The zero-order valence-electron chi connectivity index (χ0n) is 25.6. The Kier molecular flexibility index (Phi) is 21.7. The van der Waals surface area contributed by atoms with Crippen molar-refractivity contribution in [3.63, 3.8) is 0 Å². The minimum Gasteiger partial charge on any atom is -0.205 e. The van der Waals surface area contributed by atoms with Crippen molar-refractivity contribution in [1.29, 1.82) is 0 Å². The Labute approximate surface area is 251 Å². The van der Waals surface area contributed by atoms with Crippen LogP contribution in [0.15, 0.2) is 58.8 Å². The van der Waals surface area contributed by atoms with Gasteiger partial charge in [-0.15, -0.1) is 23.5 Å². The van der Waals surface area contributed by atoms with Crippen molar-refractivity contribution in [3.8, 4) is 0 Å². The summed E-state index contributed by atoms with van der Waals surface area (Å²) >= 11 is 4.06. The van der Waals surface area contributed by atoms with Crippen LogP contribution in [0.5, 0.6) is 0 Å². The Hall–Kier alpha value is -1.00. The van der Waals surface area contributed by atoms with Gasteiger partial charge >= 0.3 is 0 Å². The fraction of sp³-hybridized carbons (Fsp3) is 0.714. The number of rotatable bonds is 26. The van der Waals surface area contributed by atoms with Crippen LogP contribution in [0.25, 0.3) is 0 Å². The molecular weight excluding hydrogens is 513 g/mol. The summed E-state index contributed by atoms with van der Waals surface area (Å²) in [5, 5.41) is 0. The second kappa shape index (κ2) is 24.8. The van der Waals surface area contributed by atoms with E-state index in [1.165, 1.54) is 156 Å². The predicted molar refractivity (Wildman–Crippen MR) is 174 cm³/mol. The first-order valence-corrected chi connectivity index (χ1v) is 18.5. The van der Waals surface area contributed by atoms with Crippen LogP contribution in [0.3, 0.4) is 0 Å². The average Bonchev–Trinajstić information content (AvgIpc) is 2.97. The third kappa shape index (κ3) is 18.9. The molecule has 0 aliphatic rings. The summed E-state index contributed by atoms with van der Waals surface area (Å²) in [7, 11) is 0. The first kappa shape index (κ1) is 34.2. The summed E-state index contributed by atoms with van der Waals surface area (Å²) in [4.78, 5) is 2.86. The van der Waals surface area contributed by atoms with E-state index in [0.29, 0.717) is 0 Å². The molecule has 0 radical (unpaired) electrons. The van der Waals surface area contributed by atoms with Crippen molar-refractivity contribution in [3.05, 3.63) is 49.1 Å². The van der Waals surface area contributed by atoms with Gasteiger partial charge < -0.3 is 0 Å². The normalized spacial score (nSPS) is 11.3. The number of aromatic nitrogens is 2. The van der Waals surface area contributed by atoms with Crippen LogP contribution >= 0.6 is 23.5 Å². The lowest BCUT2D eigenvalue weighted by molar-refractivity contribution is -0.697. The highest BCUT2D eigenvalue weighted by Gasteiger charge is 2.03. The van der Waals surface area contributed by atoms with Crippen molar-refractivity contribution in [2.45, 2.75) is 159 Å². The molecule has 2 aromatic heterocycles. The molecular formula is C35H60N2S2+2. The number of thioether (sulfide) groups is 2. The lowest BCUT2D eigenvalue weighted by atomic mass is 10.1. The smallest absolute Gasteiger partial charge is 0.169 e. The number of nitrogens with zero attached hydrogens (tertiary/aromatic N) is 2. The Morgan fingerprint density at radius 3 is 1.08 bits per heavy atom. The van der Waals surface area contributed by atoms with E-state index in [-0.39, 0.29) is 0 Å². The molecule has 0 spiro atoms. The molecule has 0 amide bonds. The van der Waals surface area contributed by atoms with Gasteiger partial charge in [0.25, 0.3) is 0 Å². The lowest BCUT2D eigenvalue weighted by Gasteiger charge is -2.04. The molecule has 0 saturated carbocycles. The van der Waals surface area contributed by atoms with E-state index >= 15 is 0 Å². The molecule has 0 bridgehead atoms. The second-order valence-corrected chi connectivity index (χ2v) is 13.6. The Morgan fingerprint density at radius 1 is 0.410 bits per heavy atom. The van der Waals surface area contributed by atoms with E-state index < -0.39 is 0 Å². The number of hydrogen-bond acceptors (Lipinski definition) is 2. The van der Waals surface area contributed by atoms with Crippen LogP contribution in [-0.2, 0) is 13.1 Å². The maximum absolute atomic E-state index is 2.36. The van der Waals surface area contributed by atoms with E-state index in [1.807, 2.05) is 23.5 Å². The highest BCUT2D eigenvalue weighted by Crippen LogP contribution is 2.20. The minimum absolute atomic E-state index is 1.17. The molecule has 39 heavy (non-hydrogen) atoms. The number of pyridine rings is 2. The summed E-state index contributed by atoms with van der Waals surface area (Å²) in [5.41, 5.74) is 0. The number of hydrogen-bond donors (Lipinski definition) is 0. The van der Waals surface area contributed by atoms with Crippen molar-refractivity contribution in [1.82, 2.24) is 0 Å². The van der Waals surface area contributed by atoms with E-state index in [9.17, 15) is 0 Å². The van der Waals surface area contributed by atoms with Crippen LogP contribution < -0.4 is 9.13 Å². The molecule has 0 aliphatic heterocycles. The monoisotopic (exact) mass is 572 g/mol. The Morgan fingerprint density at radius 2 is 0.718 bits per heavy atom. The summed E-state index contributed by atoms with van der Waals surface area (Å²) in [6, 6.07) is 9.24. The molecule has 4 heteroatoms. The third-order valence-corrected chi connectivity index (χ3v) is 9.78. The number of unbranched alkanes of at least 4 members (excludes halogenated alkanes) is 16. The molecule has 0 aromatic carbocycles. The quantitative estimate of drug-likeness (QED) is 0.0629. The van der Waals surface area contributed by atoms with Gasteiger partial charge in [-0.25, -0.2) is 9.13 Å². The first-order valence-electron chi connectivity index (χ1n) is 16.6. The molecule has 2 nitrogen and oxygen atoms in total. The number of aryl methyl sites for hydroxylation is 2. The van der Waals surface area contributed by atoms with Crippen LogP contribution in [-0.4, -0.2) is 11.5 Å². The van der Waals surface area contributed by atoms with Crippen molar-refractivity contribution >= 4 is 23.5 Å². The molecule has 220 valence electrons. The van der Waals surface area contributed by atoms with Crippen LogP contribution in [0, 0.1) is 0 Å². The summed E-state index contributed by atoms with van der Waals surface area (Å²) < 4.78 is 4.71. The lowest BCUT2D eigenvalue weighted by Crippen LogP contribution is -2.32. The summed E-state index contributed by atoms with van der Waals surface area (Å²) in [5.74, 6) is 2.52. The Bertz CT molecular complexity index is 724. The fourth-order valence-corrected chi connectivity index (χ4v) is 6.79. The van der Waals surface area contributed by atoms with Gasteiger partial charge in [-0.3, -0.25) is 0 Å². The largest absolute Gasteiger partial charge is 0.205 e. The molecule has 0 N–H and O–H groups in total. The van der Waals surface area contributed by atoms with Gasteiger partial charge in [-0.1, -0.05) is 97.3 Å². The summed E-state index contributed by atoms with van der Waals surface area (Å²) in [6.45, 7) is 6.91. The second-order valence-electron chi connectivity index (χ2n) is 11.3. The topological polar surface area (TPSA) is 7.76 Å². The van der Waals surface area contributed by atoms with Gasteiger partial charge in [0.1, 0.15) is 13.1 Å². The third-order valence-electron chi connectivity index (χ3n) is 7.59. The van der Waals surface area contributed by atoms with Crippen LogP contribution in [0.1, 0.15) is 136 Å². The maximum Gasteiger partial charge on any atom is 0.169 e. The maximum atomic E-state index is 2.36. The van der Waals surface area contributed by atoms with Crippen LogP contribution in [0.2, 0.25) is 0 Å². The molecule has 0 fully saturated rings. The summed E-state index contributed by atoms with van der Waals surface area (Å²) in [6.07, 6.45) is 35.2. The molecule has 0 unspecified atom stereocenters. The highest BCUT2D eigenvalue weighted by molar-refractivity contribution is 7.99. The van der Waals surface area contributed by atoms with Gasteiger partial charge in [0, 0.05) is 46.9 Å². The zero-order valence-corrected chi connectivity index (χ0v) is 27.2. The molecule has 0 aliphatic carbocycles. The average molecular weight is 573 g/mol. The minimum atomic E-state index is 1.17. The standard InChI is InChI=1S/C35H60N2S2/c1-3-5-7-9-14-18-26-36-28-22-34(23-29-36)38-32-20-16-12-11-13-17-21-33-39-35-24-30-37(31-25-35)27-19-15-10-8-6-4-2/h22-25,28-31H,3-21,26-27,32-33H2,1-2H3/q+2. The van der Waals surface area contributed by atoms with Gasteiger partial charge in [0.2, 0.25) is 0 Å². The van der Waals surface area contributed by atoms with Crippen molar-refractivity contribution in [2.75, 3.05) is 11.5 Å². The van der Waals surface area contributed by atoms with Crippen molar-refractivity contribution < 1.29 is 9.13 Å². The van der Waals surface area contributed by atoms with E-state index in [2.05, 4.69) is 72.0 Å². The van der Waals surface area contributed by atoms with E-state index in [0.717, 1.165) is 0 Å². The predicted octanol–water partition coefficient (Wildman–Crippen LogP) is 10.6. The molecule has 0 atom stereocenters. The van der Waals surface area contributed by atoms with E-state index in [4.69, 9.17) is 0 Å². The van der Waals surface area contributed by atoms with Crippen LogP contribution in [0.4, 0.5) is 0 Å².